The fourth-order valence-electron chi connectivity index (χ4n) is 2.00. The maximum absolute atomic E-state index is 11.9. The number of hydrogen-bond donors (Lipinski definition) is 1. The molecule has 3 nitrogen and oxygen atoms in total. The SMILES string of the molecule is CN(C(=O)C=Cc1ccccc1)C1CCNC1. The predicted octanol–water partition coefficient (Wildman–Crippen LogP) is 1.52. The molecule has 1 aliphatic rings. The molecule has 1 aliphatic heterocycles. The Bertz CT molecular complexity index is 394. The van der Waals surface area contributed by atoms with Crippen molar-refractivity contribution in [1.82, 2.24) is 10.2 Å². The Hall–Kier alpha value is -1.61. The smallest absolute Gasteiger partial charge is 0.246 e. The Morgan fingerprint density at radius 1 is 1.41 bits per heavy atom. The van der Waals surface area contributed by atoms with Gasteiger partial charge in [0, 0.05) is 25.7 Å². The zero-order valence-corrected chi connectivity index (χ0v) is 10.1. The molecule has 1 heterocycles. The minimum atomic E-state index is 0.0718. The van der Waals surface area contributed by atoms with Crippen molar-refractivity contribution in [3.05, 3.63) is 42.0 Å². The van der Waals surface area contributed by atoms with Gasteiger partial charge in [0.05, 0.1) is 0 Å². The van der Waals surface area contributed by atoms with E-state index in [2.05, 4.69) is 5.32 Å². The summed E-state index contributed by atoms with van der Waals surface area (Å²) >= 11 is 0. The van der Waals surface area contributed by atoms with Crippen LogP contribution < -0.4 is 5.32 Å². The fraction of sp³-hybridized carbons (Fsp3) is 0.357. The van der Waals surface area contributed by atoms with Gasteiger partial charge < -0.3 is 10.2 Å². The molecule has 1 unspecified atom stereocenters. The first-order chi connectivity index (χ1) is 8.27. The number of amides is 1. The Labute approximate surface area is 102 Å². The number of rotatable bonds is 3. The summed E-state index contributed by atoms with van der Waals surface area (Å²) in [6, 6.07) is 10.2. The van der Waals surface area contributed by atoms with Crippen molar-refractivity contribution >= 4 is 12.0 Å². The summed E-state index contributed by atoms with van der Waals surface area (Å²) in [5.74, 6) is 0.0718. The van der Waals surface area contributed by atoms with E-state index in [1.165, 1.54) is 0 Å². The van der Waals surface area contributed by atoms with Crippen molar-refractivity contribution in [3.63, 3.8) is 0 Å². The molecule has 1 N–H and O–H groups in total. The van der Waals surface area contributed by atoms with Crippen LogP contribution in [-0.4, -0.2) is 37.0 Å². The zero-order valence-electron chi connectivity index (χ0n) is 10.1. The van der Waals surface area contributed by atoms with Crippen molar-refractivity contribution < 1.29 is 4.79 Å². The summed E-state index contributed by atoms with van der Waals surface area (Å²) in [7, 11) is 1.87. The van der Waals surface area contributed by atoms with Gasteiger partial charge in [0.25, 0.3) is 0 Å². The molecule has 90 valence electrons. The van der Waals surface area contributed by atoms with Gasteiger partial charge in [0.2, 0.25) is 5.91 Å². The van der Waals surface area contributed by atoms with Gasteiger partial charge in [-0.1, -0.05) is 30.3 Å². The van der Waals surface area contributed by atoms with Crippen LogP contribution in [-0.2, 0) is 4.79 Å². The highest BCUT2D eigenvalue weighted by Crippen LogP contribution is 2.08. The van der Waals surface area contributed by atoms with Crippen molar-refractivity contribution in [2.24, 2.45) is 0 Å². The van der Waals surface area contributed by atoms with Crippen LogP contribution >= 0.6 is 0 Å². The van der Waals surface area contributed by atoms with Crippen LogP contribution in [0.25, 0.3) is 6.08 Å². The molecule has 17 heavy (non-hydrogen) atoms. The Morgan fingerprint density at radius 2 is 2.18 bits per heavy atom. The van der Waals surface area contributed by atoms with Crippen LogP contribution in [0.15, 0.2) is 36.4 Å². The van der Waals surface area contributed by atoms with E-state index < -0.39 is 0 Å². The maximum atomic E-state index is 11.9. The van der Waals surface area contributed by atoms with Crippen LogP contribution in [0.3, 0.4) is 0 Å². The van der Waals surface area contributed by atoms with Gasteiger partial charge in [0.1, 0.15) is 0 Å². The van der Waals surface area contributed by atoms with E-state index in [9.17, 15) is 4.79 Å². The highest BCUT2D eigenvalue weighted by atomic mass is 16.2. The number of likely N-dealkylation sites (N-methyl/N-ethyl adjacent to an activating group) is 1. The summed E-state index contributed by atoms with van der Waals surface area (Å²) < 4.78 is 0. The van der Waals surface area contributed by atoms with Crippen LogP contribution in [0.5, 0.6) is 0 Å². The molecular weight excluding hydrogens is 212 g/mol. The molecule has 0 aromatic heterocycles. The van der Waals surface area contributed by atoms with Crippen molar-refractivity contribution in [1.29, 1.82) is 0 Å². The minimum Gasteiger partial charge on any atom is -0.338 e. The second kappa shape index (κ2) is 5.64. The lowest BCUT2D eigenvalue weighted by Gasteiger charge is -2.22. The third-order valence-corrected chi connectivity index (χ3v) is 3.15. The fourth-order valence-corrected chi connectivity index (χ4v) is 2.00. The number of nitrogens with one attached hydrogen (secondary N) is 1. The lowest BCUT2D eigenvalue weighted by Crippen LogP contribution is -2.37. The van der Waals surface area contributed by atoms with Gasteiger partial charge in [-0.2, -0.15) is 0 Å². The van der Waals surface area contributed by atoms with Crippen molar-refractivity contribution in [2.45, 2.75) is 12.5 Å². The molecule has 1 fully saturated rings. The summed E-state index contributed by atoms with van der Waals surface area (Å²) in [6.07, 6.45) is 4.55. The maximum Gasteiger partial charge on any atom is 0.246 e. The van der Waals surface area contributed by atoms with Crippen LogP contribution in [0.4, 0.5) is 0 Å². The number of benzene rings is 1. The van der Waals surface area contributed by atoms with Gasteiger partial charge in [0.15, 0.2) is 0 Å². The van der Waals surface area contributed by atoms with Crippen LogP contribution in [0.1, 0.15) is 12.0 Å². The van der Waals surface area contributed by atoms with Crippen LogP contribution in [0, 0.1) is 0 Å². The molecule has 3 heteroatoms. The summed E-state index contributed by atoms with van der Waals surface area (Å²) in [6.45, 7) is 1.91. The molecule has 1 amide bonds. The second-order valence-corrected chi connectivity index (χ2v) is 4.34. The van der Waals surface area contributed by atoms with E-state index in [0.29, 0.717) is 6.04 Å². The van der Waals surface area contributed by atoms with E-state index in [4.69, 9.17) is 0 Å². The molecule has 1 atom stereocenters. The lowest BCUT2D eigenvalue weighted by molar-refractivity contribution is -0.126. The summed E-state index contributed by atoms with van der Waals surface area (Å²) in [5.41, 5.74) is 1.05. The average molecular weight is 230 g/mol. The summed E-state index contributed by atoms with van der Waals surface area (Å²) in [4.78, 5) is 13.7. The molecule has 2 rings (SSSR count). The first kappa shape index (κ1) is 11.9. The first-order valence-corrected chi connectivity index (χ1v) is 5.98. The van der Waals surface area contributed by atoms with Gasteiger partial charge in [-0.05, 0) is 24.6 Å². The predicted molar refractivity (Wildman–Crippen MR) is 69.5 cm³/mol. The number of carbonyl (C=O) groups is 1. The number of hydrogen-bond acceptors (Lipinski definition) is 2. The first-order valence-electron chi connectivity index (χ1n) is 5.98. The van der Waals surface area contributed by atoms with Crippen LogP contribution in [0.2, 0.25) is 0 Å². The van der Waals surface area contributed by atoms with E-state index in [1.807, 2.05) is 48.4 Å². The Kier molecular flexibility index (Phi) is 3.94. The molecular formula is C14H18N2O. The monoisotopic (exact) mass is 230 g/mol. The highest BCUT2D eigenvalue weighted by molar-refractivity contribution is 5.91. The van der Waals surface area contributed by atoms with Gasteiger partial charge in [-0.15, -0.1) is 0 Å². The number of carbonyl (C=O) groups excluding carboxylic acids is 1. The van der Waals surface area contributed by atoms with Gasteiger partial charge in [-0.3, -0.25) is 4.79 Å². The lowest BCUT2D eigenvalue weighted by atomic mass is 10.2. The van der Waals surface area contributed by atoms with E-state index >= 15 is 0 Å². The molecule has 0 bridgehead atoms. The highest BCUT2D eigenvalue weighted by Gasteiger charge is 2.21. The average Bonchev–Trinajstić information content (AvgIpc) is 2.90. The van der Waals surface area contributed by atoms with Gasteiger partial charge in [-0.25, -0.2) is 0 Å². The molecule has 0 radical (unpaired) electrons. The Balaban J connectivity index is 1.94. The molecule has 0 saturated carbocycles. The molecule has 1 aromatic carbocycles. The standard InChI is InChI=1S/C14H18N2O/c1-16(13-9-10-15-11-13)14(17)8-7-12-5-3-2-4-6-12/h2-8,13,15H,9-11H2,1H3. The molecule has 1 saturated heterocycles. The van der Waals surface area contributed by atoms with Crippen molar-refractivity contribution in [3.8, 4) is 0 Å². The van der Waals surface area contributed by atoms with E-state index in [-0.39, 0.29) is 5.91 Å². The number of nitrogens with zero attached hydrogens (tertiary/aromatic N) is 1. The van der Waals surface area contributed by atoms with Crippen molar-refractivity contribution in [2.75, 3.05) is 20.1 Å². The topological polar surface area (TPSA) is 32.3 Å². The third-order valence-electron chi connectivity index (χ3n) is 3.15. The largest absolute Gasteiger partial charge is 0.338 e. The minimum absolute atomic E-state index is 0.0718. The van der Waals surface area contributed by atoms with Gasteiger partial charge >= 0.3 is 0 Å². The second-order valence-electron chi connectivity index (χ2n) is 4.34. The summed E-state index contributed by atoms with van der Waals surface area (Å²) in [5, 5.41) is 3.26. The Morgan fingerprint density at radius 3 is 2.82 bits per heavy atom. The zero-order chi connectivity index (χ0) is 12.1. The van der Waals surface area contributed by atoms with E-state index in [1.54, 1.807) is 6.08 Å². The third kappa shape index (κ3) is 3.17. The molecule has 1 aromatic rings. The normalized spacial score (nSPS) is 19.7. The van der Waals surface area contributed by atoms with E-state index in [0.717, 1.165) is 25.1 Å². The quantitative estimate of drug-likeness (QED) is 0.798. The molecule has 0 aliphatic carbocycles. The molecule has 0 spiro atoms.